The molecule has 4 heterocycles. The molecule has 3 aliphatic rings. The van der Waals surface area contributed by atoms with Crippen molar-refractivity contribution >= 4 is 28.1 Å². The average Bonchev–Trinajstić information content (AvgIpc) is 3.42. The van der Waals surface area contributed by atoms with Crippen molar-refractivity contribution in [3.8, 4) is 0 Å². The van der Waals surface area contributed by atoms with Gasteiger partial charge in [-0.1, -0.05) is 32.1 Å². The van der Waals surface area contributed by atoms with Crippen molar-refractivity contribution in [3.05, 3.63) is 70.7 Å². The fourth-order valence-corrected chi connectivity index (χ4v) is 6.12. The van der Waals surface area contributed by atoms with Gasteiger partial charge in [0.1, 0.15) is 5.82 Å². The van der Waals surface area contributed by atoms with Crippen molar-refractivity contribution in [2.24, 2.45) is 0 Å². The van der Waals surface area contributed by atoms with E-state index in [1.807, 2.05) is 17.2 Å². The van der Waals surface area contributed by atoms with Crippen molar-refractivity contribution in [3.63, 3.8) is 0 Å². The van der Waals surface area contributed by atoms with E-state index in [2.05, 4.69) is 41.9 Å². The minimum absolute atomic E-state index is 0.0859. The number of aryl methyl sites for hydroxylation is 1. The zero-order chi connectivity index (χ0) is 23.4. The Hall–Kier alpha value is -2.92. The molecule has 0 atom stereocenters. The molecule has 0 saturated heterocycles. The van der Waals surface area contributed by atoms with E-state index in [9.17, 15) is 9.18 Å². The summed E-state index contributed by atoms with van der Waals surface area (Å²) >= 11 is 0. The summed E-state index contributed by atoms with van der Waals surface area (Å²) < 4.78 is 13.7. The number of anilines is 1. The smallest absolute Gasteiger partial charge is 0.227 e. The molecule has 2 aromatic carbocycles. The number of benzene rings is 2. The Morgan fingerprint density at radius 3 is 2.82 bits per heavy atom. The Labute approximate surface area is 200 Å². The number of aromatic amines is 1. The van der Waals surface area contributed by atoms with Gasteiger partial charge in [-0.2, -0.15) is 0 Å². The van der Waals surface area contributed by atoms with Crippen molar-refractivity contribution in [2.75, 3.05) is 31.1 Å². The Bertz CT molecular complexity index is 1320. The van der Waals surface area contributed by atoms with Gasteiger partial charge in [0.2, 0.25) is 5.91 Å². The van der Waals surface area contributed by atoms with E-state index < -0.39 is 0 Å². The molecule has 5 heteroatoms. The van der Waals surface area contributed by atoms with Gasteiger partial charge in [-0.15, -0.1) is 0 Å². The standard InChI is InChI=1S/C29H32FN3O/c1-29(2)17-27(34)33-13-9-21-14-19(15-25(29)28(21)33)4-3-10-32-11-7-20(8-12-32)24-18-31-26-6-5-22(30)16-23(24)26/h5-7,14-16,18,31H,3-4,8-13,17H2,1-2H3. The van der Waals surface area contributed by atoms with Gasteiger partial charge in [0.15, 0.2) is 0 Å². The van der Waals surface area contributed by atoms with Crippen molar-refractivity contribution < 1.29 is 9.18 Å². The number of fused-ring (bicyclic) bond motifs is 1. The topological polar surface area (TPSA) is 39.3 Å². The van der Waals surface area contributed by atoms with Crippen LogP contribution in [0.25, 0.3) is 16.5 Å². The molecule has 0 radical (unpaired) electrons. The maximum absolute atomic E-state index is 13.7. The number of nitrogens with zero attached hydrogens (tertiary/aromatic N) is 2. The van der Waals surface area contributed by atoms with Crippen molar-refractivity contribution in [1.29, 1.82) is 0 Å². The van der Waals surface area contributed by atoms with Crippen LogP contribution >= 0.6 is 0 Å². The highest BCUT2D eigenvalue weighted by atomic mass is 19.1. The third-order valence-corrected chi connectivity index (χ3v) is 7.97. The van der Waals surface area contributed by atoms with E-state index in [-0.39, 0.29) is 17.1 Å². The lowest BCUT2D eigenvalue weighted by Gasteiger charge is -2.37. The number of carbonyl (C=O) groups excluding carboxylic acids is 1. The zero-order valence-electron chi connectivity index (χ0n) is 20.1. The first kappa shape index (κ1) is 21.6. The molecular weight excluding hydrogens is 425 g/mol. The number of hydrogen-bond donors (Lipinski definition) is 1. The number of hydrogen-bond acceptors (Lipinski definition) is 2. The molecule has 176 valence electrons. The van der Waals surface area contributed by atoms with Gasteiger partial charge >= 0.3 is 0 Å². The molecule has 0 saturated carbocycles. The summed E-state index contributed by atoms with van der Waals surface area (Å²) in [4.78, 5) is 20.3. The largest absolute Gasteiger partial charge is 0.361 e. The molecule has 34 heavy (non-hydrogen) atoms. The predicted octanol–water partition coefficient (Wildman–Crippen LogP) is 5.60. The molecule has 0 aliphatic carbocycles. The van der Waals surface area contributed by atoms with Crippen LogP contribution in [0.5, 0.6) is 0 Å². The summed E-state index contributed by atoms with van der Waals surface area (Å²) in [5.41, 5.74) is 8.68. The van der Waals surface area contributed by atoms with E-state index >= 15 is 0 Å². The normalized spacial score (nSPS) is 19.6. The van der Waals surface area contributed by atoms with Crippen LogP contribution in [0.1, 0.15) is 55.4 Å². The van der Waals surface area contributed by atoms with Crippen molar-refractivity contribution in [2.45, 2.75) is 51.4 Å². The second-order valence-electron chi connectivity index (χ2n) is 10.8. The lowest BCUT2D eigenvalue weighted by molar-refractivity contribution is -0.120. The van der Waals surface area contributed by atoms with Gasteiger partial charge < -0.3 is 9.88 Å². The SMILES string of the molecule is CC1(C)CC(=O)N2CCc3cc(CCCN4CC=C(c5c[nH]c6ccc(F)cc56)CC4)cc1c32. The first-order valence-electron chi connectivity index (χ1n) is 12.5. The van der Waals surface area contributed by atoms with Crippen LogP contribution in [0.2, 0.25) is 0 Å². The molecule has 1 N–H and O–H groups in total. The van der Waals surface area contributed by atoms with Crippen molar-refractivity contribution in [1.82, 2.24) is 9.88 Å². The van der Waals surface area contributed by atoms with Gasteiger partial charge in [0.05, 0.1) is 5.69 Å². The molecule has 1 amide bonds. The van der Waals surface area contributed by atoms with Crippen LogP contribution in [0.4, 0.5) is 10.1 Å². The molecule has 3 aromatic rings. The zero-order valence-corrected chi connectivity index (χ0v) is 20.1. The van der Waals surface area contributed by atoms with Crippen LogP contribution in [-0.2, 0) is 23.1 Å². The molecular formula is C29H32FN3O. The number of halogens is 1. The maximum Gasteiger partial charge on any atom is 0.227 e. The lowest BCUT2D eigenvalue weighted by atomic mass is 9.76. The van der Waals surface area contributed by atoms with E-state index in [1.54, 1.807) is 6.07 Å². The van der Waals surface area contributed by atoms with E-state index in [0.29, 0.717) is 6.42 Å². The van der Waals surface area contributed by atoms with Crippen LogP contribution in [0.15, 0.2) is 42.6 Å². The minimum atomic E-state index is -0.185. The van der Waals surface area contributed by atoms with Gasteiger partial charge in [-0.3, -0.25) is 9.69 Å². The van der Waals surface area contributed by atoms with Crippen LogP contribution in [-0.4, -0.2) is 42.0 Å². The quantitative estimate of drug-likeness (QED) is 0.542. The molecule has 3 aliphatic heterocycles. The van der Waals surface area contributed by atoms with E-state index in [4.69, 9.17) is 0 Å². The minimum Gasteiger partial charge on any atom is -0.361 e. The van der Waals surface area contributed by atoms with Crippen LogP contribution in [0, 0.1) is 5.82 Å². The predicted molar refractivity (Wildman–Crippen MR) is 136 cm³/mol. The number of H-pyrrole nitrogens is 1. The first-order chi connectivity index (χ1) is 16.4. The molecule has 6 rings (SSSR count). The van der Waals surface area contributed by atoms with E-state index in [1.165, 1.54) is 34.0 Å². The van der Waals surface area contributed by atoms with Gasteiger partial charge in [-0.25, -0.2) is 4.39 Å². The number of nitrogens with one attached hydrogen (secondary N) is 1. The summed E-state index contributed by atoms with van der Waals surface area (Å²) in [7, 11) is 0. The first-order valence-corrected chi connectivity index (χ1v) is 12.5. The highest BCUT2D eigenvalue weighted by Gasteiger charge is 2.40. The number of rotatable bonds is 5. The Kier molecular flexibility index (Phi) is 5.14. The van der Waals surface area contributed by atoms with Crippen LogP contribution in [0.3, 0.4) is 0 Å². The van der Waals surface area contributed by atoms with E-state index in [0.717, 1.165) is 68.3 Å². The second kappa shape index (κ2) is 8.09. The van der Waals surface area contributed by atoms with Gasteiger partial charge in [-0.05, 0) is 72.7 Å². The summed E-state index contributed by atoms with van der Waals surface area (Å²) in [5.74, 6) is 0.0917. The number of amides is 1. The highest BCUT2D eigenvalue weighted by Crippen LogP contribution is 2.45. The number of aromatic nitrogens is 1. The summed E-state index contributed by atoms with van der Waals surface area (Å²) in [5, 5.41) is 0.975. The highest BCUT2D eigenvalue weighted by molar-refractivity contribution is 6.00. The molecule has 0 bridgehead atoms. The molecule has 1 aromatic heterocycles. The maximum atomic E-state index is 13.7. The Balaban J connectivity index is 1.11. The molecule has 0 spiro atoms. The molecule has 0 unspecified atom stereocenters. The van der Waals surface area contributed by atoms with Crippen LogP contribution < -0.4 is 4.90 Å². The lowest BCUT2D eigenvalue weighted by Crippen LogP contribution is -2.40. The fourth-order valence-electron chi connectivity index (χ4n) is 6.12. The average molecular weight is 458 g/mol. The Morgan fingerprint density at radius 2 is 2.00 bits per heavy atom. The number of carbonyl (C=O) groups is 1. The second-order valence-corrected chi connectivity index (χ2v) is 10.8. The summed E-state index contributed by atoms with van der Waals surface area (Å²) in [6.45, 7) is 8.31. The summed E-state index contributed by atoms with van der Waals surface area (Å²) in [6.07, 6.45) is 9.10. The van der Waals surface area contributed by atoms with Gasteiger partial charge in [0, 0.05) is 54.1 Å². The molecule has 0 fully saturated rings. The third-order valence-electron chi connectivity index (χ3n) is 7.97. The third kappa shape index (κ3) is 3.67. The van der Waals surface area contributed by atoms with Gasteiger partial charge in [0.25, 0.3) is 0 Å². The Morgan fingerprint density at radius 1 is 1.12 bits per heavy atom. The summed E-state index contributed by atoms with van der Waals surface area (Å²) in [6, 6.07) is 9.67. The fraction of sp³-hybridized carbons (Fsp3) is 0.414. The molecule has 4 nitrogen and oxygen atoms in total. The monoisotopic (exact) mass is 457 g/mol.